The van der Waals surface area contributed by atoms with Gasteiger partial charge in [-0.05, 0) is 6.07 Å². The lowest BCUT2D eigenvalue weighted by molar-refractivity contribution is 0.0275. The molecule has 0 bridgehead atoms. The number of carbonyl (C=O) groups is 2. The highest BCUT2D eigenvalue weighted by atomic mass is 16.3. The average molecular weight is 373 g/mol. The molecule has 0 aliphatic rings. The third kappa shape index (κ3) is 7.39. The van der Waals surface area contributed by atoms with Gasteiger partial charge in [0.25, 0.3) is 11.8 Å². The van der Waals surface area contributed by atoms with Crippen LogP contribution in [-0.4, -0.2) is 85.3 Å². The van der Waals surface area contributed by atoms with E-state index in [0.717, 1.165) is 12.4 Å². The Morgan fingerprint density at radius 2 is 1.23 bits per heavy atom. The van der Waals surface area contributed by atoms with E-state index in [0.29, 0.717) is 0 Å². The van der Waals surface area contributed by atoms with Gasteiger partial charge in [-0.2, -0.15) is 0 Å². The molecule has 1 aromatic rings. The van der Waals surface area contributed by atoms with Crippen molar-refractivity contribution in [3.05, 3.63) is 29.6 Å². The van der Waals surface area contributed by atoms with E-state index in [1.54, 1.807) is 0 Å². The van der Waals surface area contributed by atoms with Crippen molar-refractivity contribution in [2.75, 3.05) is 13.2 Å². The molecule has 1 heterocycles. The Balaban J connectivity index is 2.68. The minimum atomic E-state index is -1.41. The molecule has 0 aliphatic carbocycles. The van der Waals surface area contributed by atoms with Gasteiger partial charge in [-0.25, -0.2) is 0 Å². The van der Waals surface area contributed by atoms with Gasteiger partial charge in [-0.1, -0.05) is 0 Å². The maximum absolute atomic E-state index is 12.0. The Bertz CT molecular complexity index is 553. The van der Waals surface area contributed by atoms with Crippen LogP contribution in [0, 0.1) is 0 Å². The summed E-state index contributed by atoms with van der Waals surface area (Å²) < 4.78 is 0. The molecule has 2 amide bonds. The Labute approximate surface area is 148 Å². The van der Waals surface area contributed by atoms with Crippen molar-refractivity contribution in [1.82, 2.24) is 15.6 Å². The van der Waals surface area contributed by atoms with Crippen LogP contribution in [0.1, 0.15) is 33.6 Å². The van der Waals surface area contributed by atoms with Gasteiger partial charge in [0.2, 0.25) is 0 Å². The van der Waals surface area contributed by atoms with Crippen molar-refractivity contribution >= 4 is 11.8 Å². The molecule has 0 saturated heterocycles. The summed E-state index contributed by atoms with van der Waals surface area (Å²) in [7, 11) is 0. The highest BCUT2D eigenvalue weighted by Crippen LogP contribution is 2.06. The van der Waals surface area contributed by atoms with E-state index < -0.39 is 49.7 Å². The van der Waals surface area contributed by atoms with Gasteiger partial charge in [0.05, 0.1) is 36.5 Å². The van der Waals surface area contributed by atoms with Crippen LogP contribution >= 0.6 is 0 Å². The van der Waals surface area contributed by atoms with E-state index in [1.165, 1.54) is 6.07 Å². The second-order valence-electron chi connectivity index (χ2n) is 5.59. The van der Waals surface area contributed by atoms with Crippen LogP contribution in [0.25, 0.3) is 0 Å². The number of aliphatic hydroxyl groups excluding tert-OH is 6. The van der Waals surface area contributed by atoms with E-state index in [1.807, 2.05) is 0 Å². The van der Waals surface area contributed by atoms with Crippen LogP contribution < -0.4 is 10.6 Å². The molecule has 0 aromatic carbocycles. The number of amides is 2. The zero-order valence-corrected chi connectivity index (χ0v) is 13.8. The Morgan fingerprint density at radius 1 is 0.846 bits per heavy atom. The molecule has 1 rings (SSSR count). The van der Waals surface area contributed by atoms with Crippen molar-refractivity contribution in [3.63, 3.8) is 0 Å². The number of nitrogens with one attached hydrogen (secondary N) is 2. The second kappa shape index (κ2) is 10.8. The van der Waals surface area contributed by atoms with Crippen LogP contribution in [0.4, 0.5) is 0 Å². The van der Waals surface area contributed by atoms with Gasteiger partial charge in [-0.3, -0.25) is 14.6 Å². The molecule has 146 valence electrons. The van der Waals surface area contributed by atoms with Gasteiger partial charge in [0.15, 0.2) is 0 Å². The predicted octanol–water partition coefficient (Wildman–Crippen LogP) is -3.34. The largest absolute Gasteiger partial charge is 0.394 e. The topological polar surface area (TPSA) is 192 Å². The Morgan fingerprint density at radius 3 is 1.58 bits per heavy atom. The molecule has 26 heavy (non-hydrogen) atoms. The summed E-state index contributed by atoms with van der Waals surface area (Å²) in [6.45, 7) is -1.14. The van der Waals surface area contributed by atoms with E-state index in [4.69, 9.17) is 10.2 Å². The van der Waals surface area contributed by atoms with Crippen molar-refractivity contribution in [1.29, 1.82) is 0 Å². The Hall–Kier alpha value is -2.15. The standard InChI is InChI=1S/C15H23N3O8/c19-6-10(21)2-12(23)17-14(25)8-1-9(5-16-4-8)15(26)18-13(24)3-11(22)7-20/h1,4-5,10-13,19-24H,2-3,6-7H2,(H,17,25)(H,18,26). The van der Waals surface area contributed by atoms with Crippen LogP contribution in [-0.2, 0) is 0 Å². The average Bonchev–Trinajstić information content (AvgIpc) is 2.61. The smallest absolute Gasteiger partial charge is 0.254 e. The number of hydrogen-bond donors (Lipinski definition) is 8. The van der Waals surface area contributed by atoms with Gasteiger partial charge in [0.1, 0.15) is 12.5 Å². The number of aliphatic hydroxyl groups is 6. The summed E-state index contributed by atoms with van der Waals surface area (Å²) in [5.41, 5.74) is -0.111. The zero-order chi connectivity index (χ0) is 19.7. The van der Waals surface area contributed by atoms with Gasteiger partial charge in [0, 0.05) is 25.2 Å². The molecular weight excluding hydrogens is 350 g/mol. The van der Waals surface area contributed by atoms with Crippen molar-refractivity contribution in [3.8, 4) is 0 Å². The number of nitrogens with zero attached hydrogens (tertiary/aromatic N) is 1. The maximum Gasteiger partial charge on any atom is 0.254 e. The lowest BCUT2D eigenvalue weighted by Gasteiger charge is -2.16. The lowest BCUT2D eigenvalue weighted by atomic mass is 10.1. The number of carbonyl (C=O) groups excluding carboxylic acids is 2. The molecule has 4 atom stereocenters. The molecular formula is C15H23N3O8. The first-order valence-electron chi connectivity index (χ1n) is 7.77. The van der Waals surface area contributed by atoms with Crippen LogP contribution in [0.15, 0.2) is 18.5 Å². The normalized spacial score (nSPS) is 15.6. The summed E-state index contributed by atoms with van der Waals surface area (Å²) in [5, 5.41) is 59.4. The number of rotatable bonds is 10. The molecule has 0 aliphatic heterocycles. The minimum absolute atomic E-state index is 0.0555. The molecule has 1 aromatic heterocycles. The molecule has 0 saturated carbocycles. The Kier molecular flexibility index (Phi) is 9.05. The molecule has 11 nitrogen and oxygen atoms in total. The van der Waals surface area contributed by atoms with Gasteiger partial charge < -0.3 is 41.3 Å². The quantitative estimate of drug-likeness (QED) is 0.194. The molecule has 0 radical (unpaired) electrons. The summed E-state index contributed by atoms with van der Waals surface area (Å²) >= 11 is 0. The zero-order valence-electron chi connectivity index (χ0n) is 13.8. The van der Waals surface area contributed by atoms with E-state index in [2.05, 4.69) is 15.6 Å². The summed E-state index contributed by atoms with van der Waals surface area (Å²) in [4.78, 5) is 27.8. The molecule has 11 heteroatoms. The molecule has 0 spiro atoms. The highest BCUT2D eigenvalue weighted by molar-refractivity contribution is 5.99. The fraction of sp³-hybridized carbons (Fsp3) is 0.533. The maximum atomic E-state index is 12.0. The lowest BCUT2D eigenvalue weighted by Crippen LogP contribution is -2.39. The first-order valence-corrected chi connectivity index (χ1v) is 7.77. The summed E-state index contributed by atoms with van der Waals surface area (Å²) in [6, 6.07) is 1.17. The summed E-state index contributed by atoms with van der Waals surface area (Å²) in [5.74, 6) is -1.53. The number of pyridine rings is 1. The van der Waals surface area contributed by atoms with Crippen LogP contribution in [0.5, 0.6) is 0 Å². The monoisotopic (exact) mass is 373 g/mol. The van der Waals surface area contributed by atoms with E-state index in [9.17, 15) is 30.0 Å². The SMILES string of the molecule is O=C(NC(O)CC(O)CO)c1cncc(C(=O)NC(O)CC(O)CO)c1. The number of hydrogen-bond acceptors (Lipinski definition) is 9. The van der Waals surface area contributed by atoms with Crippen LogP contribution in [0.2, 0.25) is 0 Å². The first-order chi connectivity index (χ1) is 12.3. The fourth-order valence-corrected chi connectivity index (χ4v) is 1.94. The minimum Gasteiger partial charge on any atom is -0.394 e. The third-order valence-electron chi connectivity index (χ3n) is 3.27. The molecule has 0 fully saturated rings. The van der Waals surface area contributed by atoms with E-state index in [-0.39, 0.29) is 24.0 Å². The predicted molar refractivity (Wildman–Crippen MR) is 86.6 cm³/mol. The van der Waals surface area contributed by atoms with Gasteiger partial charge >= 0.3 is 0 Å². The van der Waals surface area contributed by atoms with Crippen molar-refractivity contribution in [2.45, 2.75) is 37.5 Å². The molecule has 4 unspecified atom stereocenters. The van der Waals surface area contributed by atoms with E-state index >= 15 is 0 Å². The number of aromatic nitrogens is 1. The van der Waals surface area contributed by atoms with Crippen LogP contribution in [0.3, 0.4) is 0 Å². The first kappa shape index (κ1) is 21.9. The fourth-order valence-electron chi connectivity index (χ4n) is 1.94. The summed E-state index contributed by atoms with van der Waals surface area (Å²) in [6.07, 6.45) is -3.49. The van der Waals surface area contributed by atoms with Gasteiger partial charge in [-0.15, -0.1) is 0 Å². The van der Waals surface area contributed by atoms with Crippen molar-refractivity contribution < 1.29 is 40.2 Å². The highest BCUT2D eigenvalue weighted by Gasteiger charge is 2.18. The van der Waals surface area contributed by atoms with Crippen molar-refractivity contribution in [2.24, 2.45) is 0 Å². The second-order valence-corrected chi connectivity index (χ2v) is 5.59. The molecule has 8 N–H and O–H groups in total. The third-order valence-corrected chi connectivity index (χ3v) is 3.27.